The van der Waals surface area contributed by atoms with Gasteiger partial charge in [-0.2, -0.15) is 13.2 Å². The molecule has 1 aliphatic heterocycles. The number of rotatable bonds is 9. The highest BCUT2D eigenvalue weighted by atomic mass is 19.4. The number of carboxylic acid groups (broad SMARTS) is 1. The van der Waals surface area contributed by atoms with Gasteiger partial charge in [0.1, 0.15) is 6.04 Å². The number of alkyl carbamates (subject to hydrolysis) is 1. The highest BCUT2D eigenvalue weighted by Crippen LogP contribution is 2.29. The molecule has 168 valence electrons. The molecule has 30 heavy (non-hydrogen) atoms. The van der Waals surface area contributed by atoms with Crippen molar-refractivity contribution >= 4 is 12.1 Å². The SMILES string of the molecule is CCCCOC(=O)NCC(C(=O)O)N1CCN(Cc2ccc(C(F)(F)F)cc2)CC1. The van der Waals surface area contributed by atoms with Crippen LogP contribution in [-0.2, 0) is 22.3 Å². The first-order chi connectivity index (χ1) is 14.2. The molecule has 1 saturated heterocycles. The van der Waals surface area contributed by atoms with E-state index in [9.17, 15) is 27.9 Å². The van der Waals surface area contributed by atoms with Gasteiger partial charge in [-0.25, -0.2) is 4.79 Å². The van der Waals surface area contributed by atoms with E-state index < -0.39 is 29.8 Å². The van der Waals surface area contributed by atoms with Crippen molar-refractivity contribution in [1.82, 2.24) is 15.1 Å². The summed E-state index contributed by atoms with van der Waals surface area (Å²) >= 11 is 0. The maximum Gasteiger partial charge on any atom is 0.416 e. The van der Waals surface area contributed by atoms with E-state index >= 15 is 0 Å². The van der Waals surface area contributed by atoms with Gasteiger partial charge < -0.3 is 15.2 Å². The summed E-state index contributed by atoms with van der Waals surface area (Å²) in [6.45, 7) is 4.80. The maximum atomic E-state index is 12.7. The Kier molecular flexibility index (Phi) is 8.91. The second-order valence-electron chi connectivity index (χ2n) is 7.23. The zero-order chi connectivity index (χ0) is 22.1. The minimum atomic E-state index is -4.35. The molecule has 1 fully saturated rings. The number of ether oxygens (including phenoxy) is 1. The molecule has 0 bridgehead atoms. The quantitative estimate of drug-likeness (QED) is 0.586. The number of carbonyl (C=O) groups is 2. The molecule has 1 amide bonds. The Morgan fingerprint density at radius 1 is 1.17 bits per heavy atom. The van der Waals surface area contributed by atoms with Crippen molar-refractivity contribution in [3.63, 3.8) is 0 Å². The van der Waals surface area contributed by atoms with Crippen molar-refractivity contribution in [2.75, 3.05) is 39.3 Å². The summed E-state index contributed by atoms with van der Waals surface area (Å²) < 4.78 is 42.9. The maximum absolute atomic E-state index is 12.7. The van der Waals surface area contributed by atoms with Crippen molar-refractivity contribution in [2.45, 2.75) is 38.5 Å². The van der Waals surface area contributed by atoms with Crippen molar-refractivity contribution in [2.24, 2.45) is 0 Å². The van der Waals surface area contributed by atoms with E-state index in [1.54, 1.807) is 4.90 Å². The van der Waals surface area contributed by atoms with Gasteiger partial charge in [0, 0.05) is 39.3 Å². The number of alkyl halides is 3. The molecule has 0 aromatic heterocycles. The number of halogens is 3. The molecule has 1 heterocycles. The molecule has 2 N–H and O–H groups in total. The highest BCUT2D eigenvalue weighted by molar-refractivity contribution is 5.75. The number of hydrogen-bond donors (Lipinski definition) is 2. The predicted molar refractivity (Wildman–Crippen MR) is 104 cm³/mol. The van der Waals surface area contributed by atoms with E-state index in [2.05, 4.69) is 10.2 Å². The Morgan fingerprint density at radius 3 is 2.33 bits per heavy atom. The summed E-state index contributed by atoms with van der Waals surface area (Å²) in [5, 5.41) is 12.0. The second-order valence-corrected chi connectivity index (χ2v) is 7.23. The number of carbonyl (C=O) groups excluding carboxylic acids is 1. The lowest BCUT2D eigenvalue weighted by atomic mass is 10.1. The Hall–Kier alpha value is -2.33. The summed E-state index contributed by atoms with van der Waals surface area (Å²) in [5.74, 6) is -1.03. The van der Waals surface area contributed by atoms with Crippen LogP contribution in [0, 0.1) is 0 Å². The lowest BCUT2D eigenvalue weighted by Crippen LogP contribution is -2.55. The molecule has 1 aromatic rings. The molecule has 0 saturated carbocycles. The van der Waals surface area contributed by atoms with Crippen molar-refractivity contribution in [1.29, 1.82) is 0 Å². The van der Waals surface area contributed by atoms with Crippen LogP contribution < -0.4 is 5.32 Å². The number of hydrogen-bond acceptors (Lipinski definition) is 5. The fourth-order valence-electron chi connectivity index (χ4n) is 3.20. The molecule has 0 radical (unpaired) electrons. The summed E-state index contributed by atoms with van der Waals surface area (Å²) in [6, 6.07) is 4.19. The molecule has 0 spiro atoms. The standard InChI is InChI=1S/C20H28F3N3O4/c1-2-3-12-30-19(29)24-13-17(18(27)28)26-10-8-25(9-11-26)14-15-4-6-16(7-5-15)20(21,22)23/h4-7,17H,2-3,8-14H2,1H3,(H,24,29)(H,27,28). The van der Waals surface area contributed by atoms with Crippen LogP contribution in [0.3, 0.4) is 0 Å². The Morgan fingerprint density at radius 2 is 1.80 bits per heavy atom. The van der Waals surface area contributed by atoms with Gasteiger partial charge in [0.15, 0.2) is 0 Å². The lowest BCUT2D eigenvalue weighted by Gasteiger charge is -2.37. The highest BCUT2D eigenvalue weighted by Gasteiger charge is 2.31. The van der Waals surface area contributed by atoms with Gasteiger partial charge in [-0.15, -0.1) is 0 Å². The molecule has 0 aliphatic carbocycles. The van der Waals surface area contributed by atoms with Crippen LogP contribution in [0.25, 0.3) is 0 Å². The molecular weight excluding hydrogens is 403 g/mol. The monoisotopic (exact) mass is 431 g/mol. The van der Waals surface area contributed by atoms with Crippen molar-refractivity contribution in [3.8, 4) is 0 Å². The Bertz CT molecular complexity index is 690. The fourth-order valence-corrected chi connectivity index (χ4v) is 3.20. The number of nitrogens with zero attached hydrogens (tertiary/aromatic N) is 2. The summed E-state index contributed by atoms with van der Waals surface area (Å²) in [4.78, 5) is 27.1. The predicted octanol–water partition coefficient (Wildman–Crippen LogP) is 2.80. The van der Waals surface area contributed by atoms with Crippen LogP contribution in [0.2, 0.25) is 0 Å². The zero-order valence-corrected chi connectivity index (χ0v) is 17.0. The number of unbranched alkanes of at least 4 members (excludes halogenated alkanes) is 1. The molecule has 10 heteroatoms. The van der Waals surface area contributed by atoms with Gasteiger partial charge in [-0.3, -0.25) is 14.6 Å². The number of amides is 1. The topological polar surface area (TPSA) is 82.1 Å². The van der Waals surface area contributed by atoms with E-state index in [1.165, 1.54) is 12.1 Å². The van der Waals surface area contributed by atoms with Crippen LogP contribution in [0.1, 0.15) is 30.9 Å². The van der Waals surface area contributed by atoms with E-state index in [0.717, 1.165) is 30.5 Å². The first-order valence-electron chi connectivity index (χ1n) is 9.96. The number of benzene rings is 1. The third-order valence-corrected chi connectivity index (χ3v) is 4.99. The molecule has 1 unspecified atom stereocenters. The summed E-state index contributed by atoms with van der Waals surface area (Å²) in [7, 11) is 0. The van der Waals surface area contributed by atoms with E-state index in [0.29, 0.717) is 39.3 Å². The largest absolute Gasteiger partial charge is 0.480 e. The number of piperazine rings is 1. The van der Waals surface area contributed by atoms with Gasteiger partial charge in [0.2, 0.25) is 0 Å². The van der Waals surface area contributed by atoms with Crippen LogP contribution in [0.4, 0.5) is 18.0 Å². The molecular formula is C20H28F3N3O4. The summed E-state index contributed by atoms with van der Waals surface area (Å²) in [6.07, 6.45) is -3.35. The van der Waals surface area contributed by atoms with Gasteiger partial charge in [-0.1, -0.05) is 25.5 Å². The van der Waals surface area contributed by atoms with Gasteiger partial charge in [0.05, 0.1) is 12.2 Å². The normalized spacial score (nSPS) is 16.8. The third-order valence-electron chi connectivity index (χ3n) is 4.99. The third kappa shape index (κ3) is 7.49. The Balaban J connectivity index is 1.80. The van der Waals surface area contributed by atoms with Crippen LogP contribution >= 0.6 is 0 Å². The first-order valence-corrected chi connectivity index (χ1v) is 9.96. The van der Waals surface area contributed by atoms with E-state index in [1.807, 2.05) is 6.92 Å². The minimum absolute atomic E-state index is 0.0564. The van der Waals surface area contributed by atoms with Gasteiger partial charge >= 0.3 is 18.2 Å². The Labute approximate surface area is 173 Å². The number of aliphatic carboxylic acids is 1. The average molecular weight is 431 g/mol. The smallest absolute Gasteiger partial charge is 0.416 e. The second kappa shape index (κ2) is 11.2. The van der Waals surface area contributed by atoms with Crippen LogP contribution in [-0.4, -0.2) is 72.3 Å². The van der Waals surface area contributed by atoms with Crippen molar-refractivity contribution in [3.05, 3.63) is 35.4 Å². The zero-order valence-electron chi connectivity index (χ0n) is 17.0. The van der Waals surface area contributed by atoms with E-state index in [-0.39, 0.29) is 6.54 Å². The fraction of sp³-hybridized carbons (Fsp3) is 0.600. The number of nitrogens with one attached hydrogen (secondary N) is 1. The van der Waals surface area contributed by atoms with Crippen LogP contribution in [0.5, 0.6) is 0 Å². The van der Waals surface area contributed by atoms with Gasteiger partial charge in [0.25, 0.3) is 0 Å². The molecule has 7 nitrogen and oxygen atoms in total. The van der Waals surface area contributed by atoms with Crippen LogP contribution in [0.15, 0.2) is 24.3 Å². The minimum Gasteiger partial charge on any atom is -0.480 e. The lowest BCUT2D eigenvalue weighted by molar-refractivity contribution is -0.144. The average Bonchev–Trinajstić information content (AvgIpc) is 2.69. The van der Waals surface area contributed by atoms with Gasteiger partial charge in [-0.05, 0) is 24.1 Å². The van der Waals surface area contributed by atoms with E-state index in [4.69, 9.17) is 4.74 Å². The summed E-state index contributed by atoms with van der Waals surface area (Å²) in [5.41, 5.74) is 0.0869. The first kappa shape index (κ1) is 23.9. The van der Waals surface area contributed by atoms with Crippen molar-refractivity contribution < 1.29 is 32.6 Å². The molecule has 1 aromatic carbocycles. The molecule has 1 aliphatic rings. The molecule has 2 rings (SSSR count). The molecule has 1 atom stereocenters. The number of carboxylic acids is 1.